The van der Waals surface area contributed by atoms with Crippen LogP contribution in [0, 0.1) is 5.92 Å². The van der Waals surface area contributed by atoms with Gasteiger partial charge in [-0.1, -0.05) is 66.7 Å². The molecule has 3 fully saturated rings. The Morgan fingerprint density at radius 3 is 2.39 bits per heavy atom. The van der Waals surface area contributed by atoms with Crippen LogP contribution in [0.1, 0.15) is 42.7 Å². The van der Waals surface area contributed by atoms with Gasteiger partial charge in [0.25, 0.3) is 0 Å². The van der Waals surface area contributed by atoms with E-state index in [0.29, 0.717) is 11.1 Å². The van der Waals surface area contributed by atoms with E-state index in [0.717, 1.165) is 34.9 Å². The van der Waals surface area contributed by atoms with Gasteiger partial charge in [-0.2, -0.15) is 0 Å². The van der Waals surface area contributed by atoms with Crippen molar-refractivity contribution in [1.29, 1.82) is 0 Å². The molecule has 2 saturated heterocycles. The fraction of sp³-hybridized carbons (Fsp3) is 0.297. The first-order chi connectivity index (χ1) is 25.0. The number of phosphoric acid groups is 1. The van der Waals surface area contributed by atoms with Crippen molar-refractivity contribution in [2.75, 3.05) is 19.6 Å². The Bertz CT molecular complexity index is 2090. The first kappa shape index (κ1) is 41.9. The van der Waals surface area contributed by atoms with Gasteiger partial charge in [-0.05, 0) is 41.7 Å². The van der Waals surface area contributed by atoms with Crippen molar-refractivity contribution in [3.8, 4) is 5.75 Å². The van der Waals surface area contributed by atoms with Crippen LogP contribution in [0.2, 0.25) is 0 Å². The number of aromatic amines is 1. The molecule has 7 rings (SSSR count). The SMILES string of the molecule is C=CCN1CC(=O)N2[C@@H](Cc3ccc(OP(=O)(O)O)cc3)C(=O)N(Cc3cccc4c(C(=O)C5CC5)c[nH]c34)C[C@@H]2N1C(=O)NCc1ccccc1.[H-].[H-].[Na+].[Na+]. The molecule has 274 valence electrons. The number of carbonyl (C=O) groups excluding carboxylic acids is 4. The number of urea groups is 1. The fourth-order valence-electron chi connectivity index (χ4n) is 7.07. The van der Waals surface area contributed by atoms with Crippen molar-refractivity contribution in [3.05, 3.63) is 114 Å². The second kappa shape index (κ2) is 17.7. The van der Waals surface area contributed by atoms with Crippen LogP contribution in [0.5, 0.6) is 5.75 Å². The van der Waals surface area contributed by atoms with E-state index in [4.69, 9.17) is 4.52 Å². The van der Waals surface area contributed by atoms with E-state index in [2.05, 4.69) is 16.9 Å². The van der Waals surface area contributed by atoms with Crippen LogP contribution in [0.4, 0.5) is 4.79 Å². The van der Waals surface area contributed by atoms with E-state index in [1.807, 2.05) is 48.5 Å². The smallest absolute Gasteiger partial charge is 1.00 e. The van der Waals surface area contributed by atoms with Crippen molar-refractivity contribution in [2.24, 2.45) is 5.92 Å². The van der Waals surface area contributed by atoms with Gasteiger partial charge in [-0.3, -0.25) is 24.2 Å². The standard InChI is InChI=1S/C37H39N6O8P.2Na.2H/c1-2-17-41-23-33(44)42-31(18-24-11-15-28(16-12-24)51-52(48,49)50)36(46)40(22-32(42)43(41)37(47)39-19-25-7-4-3-5-8-25)21-27-9-6-10-29-30(20-38-34(27)29)35(45)26-13-14-26;;;;/h2-12,15-16,20,26,31-32,38H,1,13-14,17-19,21-23H2,(H,39,47)(H2,48,49,50);;;;/q;2*+1;2*-1/t31-,32-;;;;/m0..../s1. The third-order valence-corrected chi connectivity index (χ3v) is 10.1. The third-order valence-electron chi connectivity index (χ3n) is 9.62. The summed E-state index contributed by atoms with van der Waals surface area (Å²) >= 11 is 0. The molecule has 3 heterocycles. The average molecular weight is 775 g/mol. The number of phosphoric ester groups is 1. The molecule has 1 aromatic heterocycles. The Hall–Kier alpha value is -3.27. The molecule has 4 aromatic rings. The molecular weight excluding hydrogens is 733 g/mol. The molecule has 54 heavy (non-hydrogen) atoms. The fourth-order valence-corrected chi connectivity index (χ4v) is 7.47. The number of para-hydroxylation sites is 1. The number of nitrogens with one attached hydrogen (secondary N) is 2. The van der Waals surface area contributed by atoms with Crippen LogP contribution in [0.3, 0.4) is 0 Å². The van der Waals surface area contributed by atoms with Gasteiger partial charge < -0.3 is 27.5 Å². The second-order valence-corrected chi connectivity index (χ2v) is 14.4. The summed E-state index contributed by atoms with van der Waals surface area (Å²) in [6.45, 7) is 4.26. The number of fused-ring (bicyclic) bond motifs is 2. The number of ketones is 1. The number of hydrazine groups is 1. The molecule has 2 atom stereocenters. The summed E-state index contributed by atoms with van der Waals surface area (Å²) in [5, 5.41) is 6.88. The topological polar surface area (TPSA) is 176 Å². The number of piperazine rings is 1. The Labute approximate surface area is 359 Å². The molecule has 1 aliphatic carbocycles. The van der Waals surface area contributed by atoms with Gasteiger partial charge in [0.2, 0.25) is 11.8 Å². The number of hydrogen-bond acceptors (Lipinski definition) is 7. The first-order valence-electron chi connectivity index (χ1n) is 17.0. The summed E-state index contributed by atoms with van der Waals surface area (Å²) in [4.78, 5) is 80.4. The zero-order valence-corrected chi connectivity index (χ0v) is 35.2. The first-order valence-corrected chi connectivity index (χ1v) is 18.6. The van der Waals surface area contributed by atoms with Gasteiger partial charge in [0.15, 0.2) is 5.78 Å². The number of amides is 4. The number of Topliss-reactive ketones (excluding diaryl/α,β-unsaturated/α-hetero) is 1. The molecule has 0 unspecified atom stereocenters. The Morgan fingerprint density at radius 2 is 1.72 bits per heavy atom. The number of rotatable bonds is 12. The molecule has 1 saturated carbocycles. The van der Waals surface area contributed by atoms with Gasteiger partial charge in [-0.15, -0.1) is 6.58 Å². The zero-order valence-electron chi connectivity index (χ0n) is 32.3. The molecule has 14 nitrogen and oxygen atoms in total. The number of nitrogens with zero attached hydrogens (tertiary/aromatic N) is 4. The molecule has 3 aliphatic rings. The third kappa shape index (κ3) is 9.22. The van der Waals surface area contributed by atoms with Crippen molar-refractivity contribution in [3.63, 3.8) is 0 Å². The number of hydrogen-bond donors (Lipinski definition) is 4. The van der Waals surface area contributed by atoms with Crippen LogP contribution in [0.15, 0.2) is 91.6 Å². The number of benzene rings is 3. The molecule has 17 heteroatoms. The second-order valence-electron chi connectivity index (χ2n) is 13.3. The summed E-state index contributed by atoms with van der Waals surface area (Å²) in [5.74, 6) is -0.587. The van der Waals surface area contributed by atoms with E-state index in [1.165, 1.54) is 22.0 Å². The summed E-state index contributed by atoms with van der Waals surface area (Å²) < 4.78 is 16.1. The number of aromatic nitrogens is 1. The zero-order chi connectivity index (χ0) is 36.6. The maximum absolute atomic E-state index is 14.5. The van der Waals surface area contributed by atoms with Crippen LogP contribution < -0.4 is 69.0 Å². The van der Waals surface area contributed by atoms with Gasteiger partial charge in [0.05, 0.1) is 18.6 Å². The van der Waals surface area contributed by atoms with Crippen LogP contribution >= 0.6 is 7.82 Å². The molecule has 3 aromatic carbocycles. The van der Waals surface area contributed by atoms with Crippen LogP contribution in [0.25, 0.3) is 10.9 Å². The molecule has 2 aliphatic heterocycles. The van der Waals surface area contributed by atoms with E-state index < -0.39 is 26.1 Å². The van der Waals surface area contributed by atoms with Crippen molar-refractivity contribution in [1.82, 2.24) is 30.1 Å². The van der Waals surface area contributed by atoms with Crippen LogP contribution in [-0.2, 0) is 33.7 Å². The maximum Gasteiger partial charge on any atom is 1.00 e. The largest absolute Gasteiger partial charge is 1.00 e. The minimum atomic E-state index is -4.78. The molecule has 4 amide bonds. The van der Waals surface area contributed by atoms with E-state index in [1.54, 1.807) is 34.3 Å². The average Bonchev–Trinajstić information content (AvgIpc) is 3.88. The number of H-pyrrole nitrogens is 1. The van der Waals surface area contributed by atoms with Gasteiger partial charge in [0.1, 0.15) is 18.0 Å². The predicted octanol–water partition coefficient (Wildman–Crippen LogP) is -1.80. The predicted molar refractivity (Wildman–Crippen MR) is 193 cm³/mol. The van der Waals surface area contributed by atoms with Gasteiger partial charge in [-0.25, -0.2) is 19.4 Å². The molecular formula is C37H41N6Na2O8P. The number of carbonyl (C=O) groups is 4. The summed E-state index contributed by atoms with van der Waals surface area (Å²) in [5.41, 5.74) is 3.63. The molecule has 0 spiro atoms. The minimum Gasteiger partial charge on any atom is -1.00 e. The van der Waals surface area contributed by atoms with Gasteiger partial charge >= 0.3 is 73.0 Å². The van der Waals surface area contributed by atoms with Gasteiger partial charge in [0, 0.05) is 49.1 Å². The van der Waals surface area contributed by atoms with E-state index >= 15 is 0 Å². The summed E-state index contributed by atoms with van der Waals surface area (Å²) in [6.07, 6.45) is 4.26. The normalized spacial score (nSPS) is 18.7. The quantitative estimate of drug-likeness (QED) is 0.0561. The Balaban J connectivity index is 0.00000210. The molecule has 0 bridgehead atoms. The monoisotopic (exact) mass is 774 g/mol. The molecule has 4 N–H and O–H groups in total. The van der Waals surface area contributed by atoms with E-state index in [-0.39, 0.29) is 130 Å². The molecule has 0 radical (unpaired) electrons. The Kier molecular flexibility index (Phi) is 13.7. The Morgan fingerprint density at radius 1 is 1.00 bits per heavy atom. The minimum absolute atomic E-state index is 0. The maximum atomic E-state index is 14.5. The van der Waals surface area contributed by atoms with Crippen molar-refractivity contribution < 1.29 is 100 Å². The van der Waals surface area contributed by atoms with Crippen molar-refractivity contribution in [2.45, 2.75) is 44.6 Å². The van der Waals surface area contributed by atoms with E-state index in [9.17, 15) is 33.5 Å². The summed E-state index contributed by atoms with van der Waals surface area (Å²) in [6, 6.07) is 19.5. The summed E-state index contributed by atoms with van der Waals surface area (Å²) in [7, 11) is -4.78. The van der Waals surface area contributed by atoms with Crippen molar-refractivity contribution >= 4 is 42.4 Å². The van der Waals surface area contributed by atoms with Crippen LogP contribution in [-0.4, -0.2) is 90.1 Å².